The van der Waals surface area contributed by atoms with Gasteiger partial charge < -0.3 is 16.4 Å². The molecule has 7 heteroatoms. The first kappa shape index (κ1) is 9.97. The predicted octanol–water partition coefficient (Wildman–Crippen LogP) is 0.0126. The van der Waals surface area contributed by atoms with Crippen LogP contribution in [0.1, 0.15) is 6.42 Å². The summed E-state index contributed by atoms with van der Waals surface area (Å²) in [6, 6.07) is 0.00534. The number of rotatable bonds is 2. The van der Waals surface area contributed by atoms with Crippen LogP contribution in [0.15, 0.2) is 6.20 Å². The van der Waals surface area contributed by atoms with Gasteiger partial charge in [-0.2, -0.15) is 4.98 Å². The van der Waals surface area contributed by atoms with E-state index in [1.54, 1.807) is 0 Å². The Kier molecular flexibility index (Phi) is 2.59. The van der Waals surface area contributed by atoms with Gasteiger partial charge in [0.2, 0.25) is 11.2 Å². The maximum absolute atomic E-state index is 11.0. The third kappa shape index (κ3) is 2.27. The maximum atomic E-state index is 11.0. The Morgan fingerprint density at radius 2 is 2.47 bits per heavy atom. The van der Waals surface area contributed by atoms with Gasteiger partial charge in [0, 0.05) is 13.0 Å². The highest BCUT2D eigenvalue weighted by Crippen LogP contribution is 2.18. The summed E-state index contributed by atoms with van der Waals surface area (Å²) in [5.74, 6) is 0.489. The van der Waals surface area contributed by atoms with E-state index in [-0.39, 0.29) is 17.2 Å². The second-order valence-electron chi connectivity index (χ2n) is 3.29. The fourth-order valence-corrected chi connectivity index (χ4v) is 1.52. The molecule has 15 heavy (non-hydrogen) atoms. The first-order valence-electron chi connectivity index (χ1n) is 4.46. The zero-order chi connectivity index (χ0) is 10.8. The van der Waals surface area contributed by atoms with Crippen LogP contribution in [0.3, 0.4) is 0 Å². The third-order valence-corrected chi connectivity index (χ3v) is 2.29. The van der Waals surface area contributed by atoms with Crippen LogP contribution in [0.5, 0.6) is 0 Å². The molecule has 0 aromatic carbocycles. The zero-order valence-electron chi connectivity index (χ0n) is 7.83. The average molecular weight is 228 g/mol. The standard InChI is InChI=1S/C8H10ClN5O/c9-8-12-3-5(10)7(14-8)13-4-1-6(15)11-2-4/h3-4H,1-2,10H2,(H,11,15)(H,12,13,14). The van der Waals surface area contributed by atoms with Crippen molar-refractivity contribution in [2.75, 3.05) is 17.6 Å². The van der Waals surface area contributed by atoms with E-state index in [4.69, 9.17) is 17.3 Å². The van der Waals surface area contributed by atoms with Gasteiger partial charge in [-0.15, -0.1) is 0 Å². The van der Waals surface area contributed by atoms with Gasteiger partial charge in [-0.1, -0.05) is 0 Å². The van der Waals surface area contributed by atoms with Crippen molar-refractivity contribution in [1.29, 1.82) is 0 Å². The van der Waals surface area contributed by atoms with E-state index in [9.17, 15) is 4.79 Å². The fraction of sp³-hybridized carbons (Fsp3) is 0.375. The number of hydrogen-bond acceptors (Lipinski definition) is 5. The molecule has 0 aliphatic carbocycles. The minimum Gasteiger partial charge on any atom is -0.394 e. The SMILES string of the molecule is Nc1cnc(Cl)nc1NC1CNC(=O)C1. The number of nitrogens with two attached hydrogens (primary N) is 1. The van der Waals surface area contributed by atoms with Gasteiger partial charge in [0.15, 0.2) is 5.82 Å². The fourth-order valence-electron chi connectivity index (χ4n) is 1.39. The van der Waals surface area contributed by atoms with Crippen LogP contribution in [0.4, 0.5) is 11.5 Å². The highest BCUT2D eigenvalue weighted by atomic mass is 35.5. The van der Waals surface area contributed by atoms with Crippen molar-refractivity contribution in [3.05, 3.63) is 11.5 Å². The number of anilines is 2. The Bertz CT molecular complexity index is 397. The summed E-state index contributed by atoms with van der Waals surface area (Å²) < 4.78 is 0. The number of halogens is 1. The Morgan fingerprint density at radius 1 is 1.67 bits per heavy atom. The summed E-state index contributed by atoms with van der Waals surface area (Å²) >= 11 is 5.63. The summed E-state index contributed by atoms with van der Waals surface area (Å²) in [7, 11) is 0. The molecule has 1 aromatic rings. The molecule has 6 nitrogen and oxygen atoms in total. The van der Waals surface area contributed by atoms with E-state index in [2.05, 4.69) is 20.6 Å². The lowest BCUT2D eigenvalue weighted by molar-refractivity contribution is -0.119. The molecule has 1 unspecified atom stereocenters. The highest BCUT2D eigenvalue weighted by Gasteiger charge is 2.22. The zero-order valence-corrected chi connectivity index (χ0v) is 8.58. The molecule has 1 aliphatic heterocycles. The molecule has 1 atom stereocenters. The van der Waals surface area contributed by atoms with Gasteiger partial charge in [-0.25, -0.2) is 4.98 Å². The number of hydrogen-bond donors (Lipinski definition) is 3. The lowest BCUT2D eigenvalue weighted by atomic mass is 10.2. The van der Waals surface area contributed by atoms with Crippen LogP contribution in [-0.4, -0.2) is 28.5 Å². The van der Waals surface area contributed by atoms with Crippen molar-refractivity contribution >= 4 is 29.0 Å². The van der Waals surface area contributed by atoms with Gasteiger partial charge in [0.25, 0.3) is 0 Å². The summed E-state index contributed by atoms with van der Waals surface area (Å²) in [6.07, 6.45) is 1.85. The minimum absolute atomic E-state index is 0.00534. The molecular weight excluding hydrogens is 218 g/mol. The van der Waals surface area contributed by atoms with E-state index in [0.29, 0.717) is 24.5 Å². The quantitative estimate of drug-likeness (QED) is 0.619. The molecule has 0 saturated carbocycles. The normalized spacial score (nSPS) is 20.1. The van der Waals surface area contributed by atoms with Crippen LogP contribution in [0.2, 0.25) is 5.28 Å². The number of carbonyl (C=O) groups is 1. The maximum Gasteiger partial charge on any atom is 0.224 e. The highest BCUT2D eigenvalue weighted by molar-refractivity contribution is 6.28. The molecule has 1 aliphatic rings. The van der Waals surface area contributed by atoms with Gasteiger partial charge in [0.1, 0.15) is 0 Å². The van der Waals surface area contributed by atoms with Gasteiger partial charge in [-0.3, -0.25) is 4.79 Å². The Labute approximate surface area is 91.2 Å². The molecule has 1 aromatic heterocycles. The van der Waals surface area contributed by atoms with E-state index < -0.39 is 0 Å². The monoisotopic (exact) mass is 227 g/mol. The van der Waals surface area contributed by atoms with E-state index in [1.807, 2.05) is 0 Å². The molecule has 2 heterocycles. The summed E-state index contributed by atoms with van der Waals surface area (Å²) in [5.41, 5.74) is 6.07. The topological polar surface area (TPSA) is 92.9 Å². The van der Waals surface area contributed by atoms with Crippen molar-refractivity contribution < 1.29 is 4.79 Å². The van der Waals surface area contributed by atoms with Crippen molar-refractivity contribution in [2.24, 2.45) is 0 Å². The predicted molar refractivity (Wildman–Crippen MR) is 56.5 cm³/mol. The molecule has 0 spiro atoms. The molecule has 1 amide bonds. The molecular formula is C8H10ClN5O. The summed E-state index contributed by atoms with van der Waals surface area (Å²) in [5, 5.41) is 5.87. The second-order valence-corrected chi connectivity index (χ2v) is 3.63. The average Bonchev–Trinajstić information content (AvgIpc) is 2.58. The number of amides is 1. The van der Waals surface area contributed by atoms with Gasteiger partial charge in [0.05, 0.1) is 17.9 Å². The van der Waals surface area contributed by atoms with Crippen LogP contribution in [0, 0.1) is 0 Å². The van der Waals surface area contributed by atoms with Crippen LogP contribution < -0.4 is 16.4 Å². The number of nitrogen functional groups attached to an aromatic ring is 1. The van der Waals surface area contributed by atoms with Gasteiger partial charge in [-0.05, 0) is 11.6 Å². The molecule has 2 rings (SSSR count). The van der Waals surface area contributed by atoms with E-state index in [1.165, 1.54) is 6.20 Å². The van der Waals surface area contributed by atoms with Gasteiger partial charge >= 0.3 is 0 Å². The minimum atomic E-state index is 0.00534. The van der Waals surface area contributed by atoms with Crippen molar-refractivity contribution in [2.45, 2.75) is 12.5 Å². The van der Waals surface area contributed by atoms with Crippen molar-refractivity contribution in [1.82, 2.24) is 15.3 Å². The number of aromatic nitrogens is 2. The van der Waals surface area contributed by atoms with Crippen molar-refractivity contribution in [3.63, 3.8) is 0 Å². The van der Waals surface area contributed by atoms with Crippen LogP contribution >= 0.6 is 11.6 Å². The van der Waals surface area contributed by atoms with E-state index in [0.717, 1.165) is 0 Å². The molecule has 4 N–H and O–H groups in total. The Morgan fingerprint density at radius 3 is 3.13 bits per heavy atom. The lowest BCUT2D eigenvalue weighted by Crippen LogP contribution is -2.23. The summed E-state index contributed by atoms with van der Waals surface area (Å²) in [6.45, 7) is 0.569. The number of carbonyl (C=O) groups excluding carboxylic acids is 1. The molecule has 1 saturated heterocycles. The van der Waals surface area contributed by atoms with Crippen LogP contribution in [-0.2, 0) is 4.79 Å². The summed E-state index contributed by atoms with van der Waals surface area (Å²) in [4.78, 5) is 18.6. The Balaban J connectivity index is 2.10. The van der Waals surface area contributed by atoms with Crippen molar-refractivity contribution in [3.8, 4) is 0 Å². The van der Waals surface area contributed by atoms with E-state index >= 15 is 0 Å². The van der Waals surface area contributed by atoms with Crippen LogP contribution in [0.25, 0.3) is 0 Å². The molecule has 80 valence electrons. The lowest BCUT2D eigenvalue weighted by Gasteiger charge is -2.12. The molecule has 0 radical (unpaired) electrons. The Hall–Kier alpha value is -1.56. The molecule has 1 fully saturated rings. The number of nitrogens with zero attached hydrogens (tertiary/aromatic N) is 2. The molecule has 0 bridgehead atoms. The first-order valence-corrected chi connectivity index (χ1v) is 4.84. The third-order valence-electron chi connectivity index (χ3n) is 2.11. The number of nitrogens with one attached hydrogen (secondary N) is 2. The second kappa shape index (κ2) is 3.90. The first-order chi connectivity index (χ1) is 7.15. The smallest absolute Gasteiger partial charge is 0.224 e. The largest absolute Gasteiger partial charge is 0.394 e.